The summed E-state index contributed by atoms with van der Waals surface area (Å²) in [5, 5.41) is 0.264. The van der Waals surface area contributed by atoms with Crippen LogP contribution in [0.25, 0.3) is 6.08 Å². The van der Waals surface area contributed by atoms with E-state index >= 15 is 0 Å². The molecule has 2 heterocycles. The first-order chi connectivity index (χ1) is 20.7. The monoisotopic (exact) mass is 622 g/mol. The molecule has 0 amide bonds. The maximum atomic E-state index is 14.2. The van der Waals surface area contributed by atoms with E-state index in [0.29, 0.717) is 49.0 Å². The minimum absolute atomic E-state index is 0.0900. The smallest absolute Gasteiger partial charge is 0.338 e. The molecule has 4 aromatic rings. The van der Waals surface area contributed by atoms with Crippen LogP contribution in [-0.2, 0) is 16.1 Å². The molecule has 43 heavy (non-hydrogen) atoms. The number of hydrogen-bond acceptors (Lipinski definition) is 8. The van der Waals surface area contributed by atoms with Gasteiger partial charge in [-0.15, -0.1) is 0 Å². The number of esters is 1. The first kappa shape index (κ1) is 30.1. The molecule has 0 bridgehead atoms. The average molecular weight is 623 g/mol. The fraction of sp³-hybridized carbons (Fsp3) is 0.219. The van der Waals surface area contributed by atoms with Crippen molar-refractivity contribution in [3.8, 4) is 17.2 Å². The minimum atomic E-state index is -0.737. The molecule has 0 radical (unpaired) electrons. The number of hydrogen-bond donors (Lipinski definition) is 0. The van der Waals surface area contributed by atoms with Crippen LogP contribution in [0.1, 0.15) is 36.6 Å². The van der Waals surface area contributed by atoms with Gasteiger partial charge in [0, 0.05) is 5.56 Å². The quantitative estimate of drug-likeness (QED) is 0.239. The number of carbonyl (C=O) groups is 1. The van der Waals surface area contributed by atoms with Gasteiger partial charge in [-0.3, -0.25) is 9.36 Å². The number of carbonyl (C=O) groups excluding carboxylic acids is 1. The minimum Gasteiger partial charge on any atom is -0.497 e. The maximum Gasteiger partial charge on any atom is 0.338 e. The van der Waals surface area contributed by atoms with E-state index in [2.05, 4.69) is 4.99 Å². The van der Waals surface area contributed by atoms with Gasteiger partial charge in [-0.2, -0.15) is 0 Å². The molecular weight excluding hydrogens is 595 g/mol. The summed E-state index contributed by atoms with van der Waals surface area (Å²) in [4.78, 5) is 32.0. The van der Waals surface area contributed by atoms with E-state index < -0.39 is 17.8 Å². The van der Waals surface area contributed by atoms with Crippen molar-refractivity contribution in [2.75, 3.05) is 20.8 Å². The van der Waals surface area contributed by atoms with Crippen LogP contribution in [0.5, 0.6) is 17.2 Å². The van der Waals surface area contributed by atoms with Gasteiger partial charge in [0.15, 0.2) is 16.3 Å². The molecule has 11 heteroatoms. The summed E-state index contributed by atoms with van der Waals surface area (Å²) >= 11 is 7.34. The number of fused-ring (bicyclic) bond motifs is 1. The Morgan fingerprint density at radius 2 is 1.86 bits per heavy atom. The van der Waals surface area contributed by atoms with Crippen molar-refractivity contribution in [1.29, 1.82) is 0 Å². The van der Waals surface area contributed by atoms with Crippen LogP contribution in [0.2, 0.25) is 5.02 Å². The molecule has 1 aromatic heterocycles. The second kappa shape index (κ2) is 12.8. The zero-order chi connectivity index (χ0) is 30.7. The summed E-state index contributed by atoms with van der Waals surface area (Å²) in [6.45, 7) is 3.56. The van der Waals surface area contributed by atoms with Gasteiger partial charge in [-0.1, -0.05) is 47.2 Å². The number of methoxy groups -OCH3 is 2. The molecular formula is C32H28ClFN2O6S. The van der Waals surface area contributed by atoms with Crippen LogP contribution in [0.4, 0.5) is 4.39 Å². The summed E-state index contributed by atoms with van der Waals surface area (Å²) in [6.07, 6.45) is 1.72. The van der Waals surface area contributed by atoms with E-state index in [1.165, 1.54) is 35.1 Å². The fourth-order valence-corrected chi connectivity index (χ4v) is 6.02. The average Bonchev–Trinajstić information content (AvgIpc) is 3.30. The zero-order valence-electron chi connectivity index (χ0n) is 23.9. The second-order valence-electron chi connectivity index (χ2n) is 9.47. The van der Waals surface area contributed by atoms with Crippen LogP contribution in [0.3, 0.4) is 0 Å². The molecule has 0 aliphatic carbocycles. The van der Waals surface area contributed by atoms with E-state index in [1.54, 1.807) is 63.4 Å². The summed E-state index contributed by atoms with van der Waals surface area (Å²) in [5.74, 6) is 0.427. The van der Waals surface area contributed by atoms with Crippen molar-refractivity contribution in [3.05, 3.63) is 119 Å². The Morgan fingerprint density at radius 1 is 1.09 bits per heavy atom. The predicted octanol–water partition coefficient (Wildman–Crippen LogP) is 5.19. The summed E-state index contributed by atoms with van der Waals surface area (Å²) < 4.78 is 38.1. The lowest BCUT2D eigenvalue weighted by Gasteiger charge is -2.24. The molecule has 222 valence electrons. The van der Waals surface area contributed by atoms with Gasteiger partial charge in [-0.05, 0) is 67.4 Å². The molecule has 0 N–H and O–H groups in total. The van der Waals surface area contributed by atoms with Crippen molar-refractivity contribution in [3.63, 3.8) is 0 Å². The first-order valence-corrected chi connectivity index (χ1v) is 14.5. The molecule has 1 aliphatic rings. The Balaban J connectivity index is 1.54. The third-order valence-electron chi connectivity index (χ3n) is 6.87. The zero-order valence-corrected chi connectivity index (χ0v) is 25.4. The largest absolute Gasteiger partial charge is 0.497 e. The molecule has 0 saturated carbocycles. The Bertz CT molecular complexity index is 1880. The molecule has 1 unspecified atom stereocenters. The van der Waals surface area contributed by atoms with Crippen molar-refractivity contribution in [2.45, 2.75) is 26.5 Å². The number of rotatable bonds is 9. The number of thiazole rings is 1. The maximum absolute atomic E-state index is 14.2. The molecule has 5 rings (SSSR count). The summed E-state index contributed by atoms with van der Waals surface area (Å²) in [5.41, 5.74) is 2.08. The topological polar surface area (TPSA) is 88.4 Å². The van der Waals surface area contributed by atoms with Gasteiger partial charge in [0.2, 0.25) is 0 Å². The number of benzene rings is 3. The van der Waals surface area contributed by atoms with Gasteiger partial charge in [-0.25, -0.2) is 14.2 Å². The molecule has 3 aromatic carbocycles. The molecule has 0 spiro atoms. The van der Waals surface area contributed by atoms with Gasteiger partial charge >= 0.3 is 5.97 Å². The van der Waals surface area contributed by atoms with E-state index in [0.717, 1.165) is 0 Å². The van der Waals surface area contributed by atoms with Gasteiger partial charge in [0.25, 0.3) is 5.56 Å². The van der Waals surface area contributed by atoms with Crippen molar-refractivity contribution in [1.82, 2.24) is 4.57 Å². The Kier molecular flexibility index (Phi) is 8.98. The number of ether oxygens (including phenoxy) is 4. The number of halogens is 2. The molecule has 0 fully saturated rings. The Labute approximate surface area is 255 Å². The number of aromatic nitrogens is 1. The lowest BCUT2D eigenvalue weighted by atomic mass is 9.96. The Morgan fingerprint density at radius 3 is 2.53 bits per heavy atom. The summed E-state index contributed by atoms with van der Waals surface area (Å²) in [7, 11) is 3.06. The van der Waals surface area contributed by atoms with Crippen LogP contribution < -0.4 is 29.1 Å². The lowest BCUT2D eigenvalue weighted by molar-refractivity contribution is -0.139. The molecule has 8 nitrogen and oxygen atoms in total. The predicted molar refractivity (Wildman–Crippen MR) is 162 cm³/mol. The highest BCUT2D eigenvalue weighted by molar-refractivity contribution is 7.07. The molecule has 1 aliphatic heterocycles. The second-order valence-corrected chi connectivity index (χ2v) is 10.9. The lowest BCUT2D eigenvalue weighted by Crippen LogP contribution is -2.39. The van der Waals surface area contributed by atoms with Gasteiger partial charge < -0.3 is 18.9 Å². The van der Waals surface area contributed by atoms with E-state index in [1.807, 2.05) is 12.1 Å². The van der Waals surface area contributed by atoms with Crippen LogP contribution in [0.15, 0.2) is 81.7 Å². The number of allylic oxidation sites excluding steroid dienone is 1. The normalized spacial score (nSPS) is 14.7. The SMILES string of the molecule is CCOC(=O)C1=C(C)N=c2s/c(=C\c3ccc(OCc4c(F)cccc4Cl)c(OC)c3)c(=O)n2C1c1ccc(OC)cc1. The third-order valence-corrected chi connectivity index (χ3v) is 8.20. The van der Waals surface area contributed by atoms with Crippen molar-refractivity contribution in [2.24, 2.45) is 4.99 Å². The Hall–Kier alpha value is -4.41. The first-order valence-electron chi connectivity index (χ1n) is 13.3. The van der Waals surface area contributed by atoms with Gasteiger partial charge in [0.05, 0.1) is 47.7 Å². The van der Waals surface area contributed by atoms with E-state index in [9.17, 15) is 14.0 Å². The standard InChI is InChI=1S/C32H28ClFN2O6S/c1-5-41-31(38)28-18(2)35-32-36(29(28)20-10-12-21(39-3)13-11-20)30(37)27(43-32)16-19-9-14-25(26(15-19)40-4)42-17-22-23(33)7-6-8-24(22)34/h6-16,29H,5,17H2,1-4H3/b27-16-. The van der Waals surface area contributed by atoms with Crippen molar-refractivity contribution >= 4 is 35.0 Å². The highest BCUT2D eigenvalue weighted by atomic mass is 35.5. The highest BCUT2D eigenvalue weighted by Crippen LogP contribution is 2.32. The van der Waals surface area contributed by atoms with Crippen LogP contribution >= 0.6 is 22.9 Å². The fourth-order valence-electron chi connectivity index (χ4n) is 4.76. The summed E-state index contributed by atoms with van der Waals surface area (Å²) in [6, 6.07) is 16.0. The van der Waals surface area contributed by atoms with E-state index in [-0.39, 0.29) is 29.4 Å². The van der Waals surface area contributed by atoms with Crippen molar-refractivity contribution < 1.29 is 28.1 Å². The third kappa shape index (κ3) is 6.07. The highest BCUT2D eigenvalue weighted by Gasteiger charge is 2.33. The number of nitrogens with zero attached hydrogens (tertiary/aromatic N) is 2. The molecule has 1 atom stereocenters. The van der Waals surface area contributed by atoms with Crippen LogP contribution in [0, 0.1) is 5.82 Å². The van der Waals surface area contributed by atoms with Gasteiger partial charge in [0.1, 0.15) is 18.2 Å². The van der Waals surface area contributed by atoms with E-state index in [4.69, 9.17) is 30.5 Å². The van der Waals surface area contributed by atoms with Crippen LogP contribution in [-0.4, -0.2) is 31.4 Å². The molecule has 0 saturated heterocycles.